The lowest BCUT2D eigenvalue weighted by Gasteiger charge is -2.38. The minimum atomic E-state index is 0.379. The highest BCUT2D eigenvalue weighted by Crippen LogP contribution is 2.36. The predicted molar refractivity (Wildman–Crippen MR) is 82.6 cm³/mol. The topological polar surface area (TPSA) is 42.4 Å². The Balaban J connectivity index is 2.05. The minimum absolute atomic E-state index is 0.379. The first-order chi connectivity index (χ1) is 9.45. The molecule has 0 amide bonds. The zero-order valence-corrected chi connectivity index (χ0v) is 13.6. The minimum Gasteiger partial charge on any atom is -0.378 e. The summed E-state index contributed by atoms with van der Waals surface area (Å²) in [6, 6.07) is 0. The summed E-state index contributed by atoms with van der Waals surface area (Å²) in [5, 5.41) is 0.964. The van der Waals surface area contributed by atoms with Gasteiger partial charge in [-0.05, 0) is 24.2 Å². The molecule has 0 bridgehead atoms. The van der Waals surface area contributed by atoms with Gasteiger partial charge in [-0.3, -0.25) is 4.79 Å². The van der Waals surface area contributed by atoms with E-state index in [0.717, 1.165) is 36.1 Å². The number of carbonyl (C=O) groups excluding carboxylic acids is 1. The molecule has 5 heteroatoms. The van der Waals surface area contributed by atoms with Crippen LogP contribution in [0.2, 0.25) is 0 Å². The Morgan fingerprint density at radius 3 is 2.55 bits per heavy atom. The molecule has 0 saturated carbocycles. The standard InChI is InChI=1S/C15H24N2O2S/c1-15(2,3)11-5-7-17(8-6-11)14-16-12(10-19-4)13(9-18)20-14/h9,11H,5-8,10H2,1-4H3. The van der Waals surface area contributed by atoms with Crippen molar-refractivity contribution in [3.63, 3.8) is 0 Å². The Hall–Kier alpha value is -0.940. The van der Waals surface area contributed by atoms with E-state index in [9.17, 15) is 4.79 Å². The van der Waals surface area contributed by atoms with E-state index in [1.54, 1.807) is 7.11 Å². The molecule has 1 aliphatic heterocycles. The van der Waals surface area contributed by atoms with Gasteiger partial charge in [-0.15, -0.1) is 0 Å². The van der Waals surface area contributed by atoms with E-state index in [0.29, 0.717) is 16.9 Å². The molecule has 0 atom stereocenters. The SMILES string of the molecule is COCc1nc(N2CCC(C(C)(C)C)CC2)sc1C=O. The van der Waals surface area contributed by atoms with Gasteiger partial charge in [-0.25, -0.2) is 4.98 Å². The number of methoxy groups -OCH3 is 1. The highest BCUT2D eigenvalue weighted by atomic mass is 32.1. The normalized spacial score (nSPS) is 17.5. The number of aromatic nitrogens is 1. The first-order valence-electron chi connectivity index (χ1n) is 7.14. The number of rotatable bonds is 4. The Bertz CT molecular complexity index is 457. The molecule has 1 fully saturated rings. The van der Waals surface area contributed by atoms with Gasteiger partial charge in [0.1, 0.15) is 0 Å². The van der Waals surface area contributed by atoms with Gasteiger partial charge in [0.25, 0.3) is 0 Å². The summed E-state index contributed by atoms with van der Waals surface area (Å²) in [6.07, 6.45) is 3.27. The van der Waals surface area contributed by atoms with Crippen molar-refractivity contribution in [1.82, 2.24) is 4.98 Å². The maximum atomic E-state index is 11.1. The summed E-state index contributed by atoms with van der Waals surface area (Å²) in [7, 11) is 1.63. The molecular weight excluding hydrogens is 272 g/mol. The van der Waals surface area contributed by atoms with Gasteiger partial charge in [0.05, 0.1) is 17.2 Å². The van der Waals surface area contributed by atoms with Gasteiger partial charge in [0, 0.05) is 20.2 Å². The van der Waals surface area contributed by atoms with E-state index in [4.69, 9.17) is 4.74 Å². The zero-order chi connectivity index (χ0) is 14.8. The number of anilines is 1. The molecule has 20 heavy (non-hydrogen) atoms. The summed E-state index contributed by atoms with van der Waals surface area (Å²) >= 11 is 1.48. The molecular formula is C15H24N2O2S. The molecule has 1 aliphatic rings. The largest absolute Gasteiger partial charge is 0.378 e. The van der Waals surface area contributed by atoms with Crippen LogP contribution in [0.3, 0.4) is 0 Å². The second-order valence-corrected chi connectivity index (χ2v) is 7.49. The number of nitrogens with zero attached hydrogens (tertiary/aromatic N) is 2. The highest BCUT2D eigenvalue weighted by molar-refractivity contribution is 7.17. The van der Waals surface area contributed by atoms with Crippen LogP contribution in [0.15, 0.2) is 0 Å². The first kappa shape index (κ1) is 15.4. The Morgan fingerprint density at radius 1 is 1.40 bits per heavy atom. The van der Waals surface area contributed by atoms with Crippen LogP contribution in [0, 0.1) is 11.3 Å². The van der Waals surface area contributed by atoms with E-state index >= 15 is 0 Å². The van der Waals surface area contributed by atoms with Crippen molar-refractivity contribution in [3.8, 4) is 0 Å². The van der Waals surface area contributed by atoms with Crippen LogP contribution < -0.4 is 4.90 Å². The molecule has 2 heterocycles. The highest BCUT2D eigenvalue weighted by Gasteiger charge is 2.30. The summed E-state index contributed by atoms with van der Waals surface area (Å²) < 4.78 is 5.10. The fourth-order valence-electron chi connectivity index (χ4n) is 2.75. The van der Waals surface area contributed by atoms with Crippen LogP contribution in [0.5, 0.6) is 0 Å². The molecule has 0 aromatic carbocycles. The van der Waals surface area contributed by atoms with Crippen LogP contribution in [-0.4, -0.2) is 31.5 Å². The molecule has 0 spiro atoms. The van der Waals surface area contributed by atoms with Gasteiger partial charge in [-0.1, -0.05) is 32.1 Å². The van der Waals surface area contributed by atoms with Crippen LogP contribution >= 0.6 is 11.3 Å². The van der Waals surface area contributed by atoms with Crippen LogP contribution in [0.4, 0.5) is 5.13 Å². The van der Waals surface area contributed by atoms with Crippen molar-refractivity contribution in [2.24, 2.45) is 11.3 Å². The van der Waals surface area contributed by atoms with Gasteiger partial charge < -0.3 is 9.64 Å². The smallest absolute Gasteiger partial charge is 0.186 e. The second kappa shape index (κ2) is 6.22. The van der Waals surface area contributed by atoms with E-state index in [-0.39, 0.29) is 0 Å². The summed E-state index contributed by atoms with van der Waals surface area (Å²) in [5.74, 6) is 0.766. The van der Waals surface area contributed by atoms with E-state index in [1.807, 2.05) is 0 Å². The summed E-state index contributed by atoms with van der Waals surface area (Å²) in [4.78, 5) is 18.6. The zero-order valence-electron chi connectivity index (χ0n) is 12.8. The Labute approximate surface area is 125 Å². The Kier molecular flexibility index (Phi) is 4.81. The van der Waals surface area contributed by atoms with Gasteiger partial charge in [-0.2, -0.15) is 0 Å². The van der Waals surface area contributed by atoms with Gasteiger partial charge >= 0.3 is 0 Å². The number of carbonyl (C=O) groups is 1. The molecule has 1 aromatic heterocycles. The van der Waals surface area contributed by atoms with Crippen molar-refractivity contribution in [1.29, 1.82) is 0 Å². The van der Waals surface area contributed by atoms with Crippen molar-refractivity contribution in [2.75, 3.05) is 25.1 Å². The molecule has 2 rings (SSSR count). The number of ether oxygens (including phenoxy) is 1. The van der Waals surface area contributed by atoms with Crippen LogP contribution in [-0.2, 0) is 11.3 Å². The number of piperidine rings is 1. The monoisotopic (exact) mass is 296 g/mol. The first-order valence-corrected chi connectivity index (χ1v) is 7.96. The molecule has 4 nitrogen and oxygen atoms in total. The van der Waals surface area contributed by atoms with E-state index < -0.39 is 0 Å². The number of hydrogen-bond acceptors (Lipinski definition) is 5. The molecule has 1 saturated heterocycles. The van der Waals surface area contributed by atoms with E-state index in [2.05, 4.69) is 30.7 Å². The third kappa shape index (κ3) is 3.38. The molecule has 1 aromatic rings. The van der Waals surface area contributed by atoms with Crippen molar-refractivity contribution in [3.05, 3.63) is 10.6 Å². The average Bonchev–Trinajstić information content (AvgIpc) is 2.81. The second-order valence-electron chi connectivity index (χ2n) is 6.49. The number of hydrogen-bond donors (Lipinski definition) is 0. The maximum absolute atomic E-state index is 11.1. The quantitative estimate of drug-likeness (QED) is 0.799. The molecule has 0 radical (unpaired) electrons. The van der Waals surface area contributed by atoms with Crippen molar-refractivity contribution < 1.29 is 9.53 Å². The molecule has 0 aliphatic carbocycles. The third-order valence-electron chi connectivity index (χ3n) is 4.09. The lowest BCUT2D eigenvalue weighted by atomic mass is 9.75. The average molecular weight is 296 g/mol. The van der Waals surface area contributed by atoms with Crippen LogP contribution in [0.25, 0.3) is 0 Å². The number of thiazole rings is 1. The predicted octanol–water partition coefficient (Wildman–Crippen LogP) is 3.36. The molecule has 112 valence electrons. The third-order valence-corrected chi connectivity index (χ3v) is 5.18. The summed E-state index contributed by atoms with van der Waals surface area (Å²) in [6.45, 7) is 9.41. The lowest BCUT2D eigenvalue weighted by Crippen LogP contribution is -2.38. The van der Waals surface area contributed by atoms with Gasteiger partial charge in [0.15, 0.2) is 11.4 Å². The van der Waals surface area contributed by atoms with E-state index in [1.165, 1.54) is 24.2 Å². The molecule has 0 N–H and O–H groups in total. The lowest BCUT2D eigenvalue weighted by molar-refractivity contribution is 0.112. The van der Waals surface area contributed by atoms with Crippen molar-refractivity contribution in [2.45, 2.75) is 40.2 Å². The fraction of sp³-hybridized carbons (Fsp3) is 0.733. The number of aldehydes is 1. The molecule has 0 unspecified atom stereocenters. The maximum Gasteiger partial charge on any atom is 0.186 e. The Morgan fingerprint density at radius 2 is 2.05 bits per heavy atom. The van der Waals surface area contributed by atoms with Gasteiger partial charge in [0.2, 0.25) is 0 Å². The van der Waals surface area contributed by atoms with Crippen LogP contribution in [0.1, 0.15) is 49.0 Å². The van der Waals surface area contributed by atoms with Crippen molar-refractivity contribution >= 4 is 22.8 Å². The fourth-order valence-corrected chi connectivity index (χ4v) is 3.69. The summed E-state index contributed by atoms with van der Waals surface area (Å²) in [5.41, 5.74) is 1.14.